The fraction of sp³-hybridized carbons (Fsp3) is 0.182. The molecule has 0 saturated carbocycles. The number of rotatable bonds is 4. The number of benzene rings is 1. The van der Waals surface area contributed by atoms with E-state index in [0.29, 0.717) is 11.3 Å². The zero-order valence-corrected chi connectivity index (χ0v) is 9.38. The Morgan fingerprint density at radius 2 is 2.12 bits per heavy atom. The van der Waals surface area contributed by atoms with Crippen LogP contribution in [0.15, 0.2) is 30.0 Å². The quantitative estimate of drug-likeness (QED) is 0.343. The van der Waals surface area contributed by atoms with Crippen molar-refractivity contribution in [1.29, 1.82) is 0 Å². The number of methoxy groups -OCH3 is 2. The molecular weight excluding hydrogens is 226 g/mol. The van der Waals surface area contributed by atoms with Crippen LogP contribution in [-0.4, -0.2) is 25.1 Å². The van der Waals surface area contributed by atoms with Crippen LogP contribution in [0.3, 0.4) is 0 Å². The summed E-state index contributed by atoms with van der Waals surface area (Å²) in [7, 11) is 2.57. The van der Waals surface area contributed by atoms with Crippen LogP contribution in [0.4, 0.5) is 0 Å². The van der Waals surface area contributed by atoms with Gasteiger partial charge in [-0.05, 0) is 17.7 Å². The lowest BCUT2D eigenvalue weighted by molar-refractivity contribution is -0.419. The maximum atomic E-state index is 11.1. The summed E-state index contributed by atoms with van der Waals surface area (Å²) in [5, 5.41) is 10.7. The number of hydrogen-bond acceptors (Lipinski definition) is 5. The first-order chi connectivity index (χ1) is 8.08. The lowest BCUT2D eigenvalue weighted by Crippen LogP contribution is -2.12. The predicted octanol–water partition coefficient (Wildman–Crippen LogP) is 1.49. The van der Waals surface area contributed by atoms with Gasteiger partial charge in [-0.15, -0.1) is 0 Å². The Hall–Kier alpha value is -2.37. The van der Waals surface area contributed by atoms with Crippen molar-refractivity contribution in [3.63, 3.8) is 0 Å². The van der Waals surface area contributed by atoms with E-state index in [1.54, 1.807) is 24.3 Å². The van der Waals surface area contributed by atoms with Crippen LogP contribution in [0.1, 0.15) is 5.56 Å². The van der Waals surface area contributed by atoms with Gasteiger partial charge in [0.2, 0.25) is 0 Å². The first-order valence-electron chi connectivity index (χ1n) is 4.67. The number of carbonyl (C=O) groups excluding carboxylic acids is 1. The maximum Gasteiger partial charge on any atom is 0.409 e. The third-order valence-electron chi connectivity index (χ3n) is 1.99. The van der Waals surface area contributed by atoms with Crippen LogP contribution in [0, 0.1) is 10.1 Å². The van der Waals surface area contributed by atoms with Gasteiger partial charge in [0.25, 0.3) is 0 Å². The van der Waals surface area contributed by atoms with Crippen molar-refractivity contribution in [1.82, 2.24) is 0 Å². The van der Waals surface area contributed by atoms with E-state index >= 15 is 0 Å². The molecule has 0 radical (unpaired) electrons. The van der Waals surface area contributed by atoms with Crippen molar-refractivity contribution in [2.45, 2.75) is 0 Å². The lowest BCUT2D eigenvalue weighted by Gasteiger charge is -2.00. The van der Waals surface area contributed by atoms with Crippen LogP contribution >= 0.6 is 0 Å². The molecule has 0 aliphatic rings. The van der Waals surface area contributed by atoms with Crippen LogP contribution in [0.25, 0.3) is 6.08 Å². The molecule has 0 unspecified atom stereocenters. The molecule has 0 aliphatic heterocycles. The van der Waals surface area contributed by atoms with E-state index in [-0.39, 0.29) is 0 Å². The Morgan fingerprint density at radius 3 is 2.65 bits per heavy atom. The molecule has 0 bridgehead atoms. The summed E-state index contributed by atoms with van der Waals surface area (Å²) in [6.07, 6.45) is 1.13. The SMILES string of the molecule is COC(=O)/C(=C\c1cccc(OC)c1)[N+](=O)[O-]. The molecule has 0 fully saturated rings. The van der Waals surface area contributed by atoms with Gasteiger partial charge in [-0.3, -0.25) is 10.1 Å². The summed E-state index contributed by atoms with van der Waals surface area (Å²) >= 11 is 0. The molecule has 6 nitrogen and oxygen atoms in total. The summed E-state index contributed by atoms with van der Waals surface area (Å²) in [5.41, 5.74) is -0.137. The molecule has 0 spiro atoms. The fourth-order valence-corrected chi connectivity index (χ4v) is 1.18. The second kappa shape index (κ2) is 5.64. The van der Waals surface area contributed by atoms with Gasteiger partial charge in [0.1, 0.15) is 5.75 Å². The van der Waals surface area contributed by atoms with E-state index in [1.165, 1.54) is 7.11 Å². The molecule has 90 valence electrons. The number of ether oxygens (including phenoxy) is 2. The zero-order valence-electron chi connectivity index (χ0n) is 9.38. The average molecular weight is 237 g/mol. The molecule has 0 aromatic heterocycles. The molecule has 0 saturated heterocycles. The minimum atomic E-state index is -0.988. The van der Waals surface area contributed by atoms with Gasteiger partial charge in [-0.2, -0.15) is 0 Å². The monoisotopic (exact) mass is 237 g/mol. The first kappa shape index (κ1) is 12.7. The largest absolute Gasteiger partial charge is 0.497 e. The highest BCUT2D eigenvalue weighted by atomic mass is 16.6. The maximum absolute atomic E-state index is 11.1. The molecule has 6 heteroatoms. The highest BCUT2D eigenvalue weighted by molar-refractivity contribution is 5.90. The Bertz CT molecular complexity index is 467. The number of hydrogen-bond donors (Lipinski definition) is 0. The molecule has 17 heavy (non-hydrogen) atoms. The Balaban J connectivity index is 3.12. The molecule has 1 aromatic carbocycles. The molecule has 0 N–H and O–H groups in total. The van der Waals surface area contributed by atoms with Crippen molar-refractivity contribution in [3.8, 4) is 5.75 Å². The fourth-order valence-electron chi connectivity index (χ4n) is 1.18. The molecular formula is C11H11NO5. The second-order valence-electron chi connectivity index (χ2n) is 3.05. The number of esters is 1. The minimum absolute atomic E-state index is 0.487. The van der Waals surface area contributed by atoms with Crippen molar-refractivity contribution in [2.75, 3.05) is 14.2 Å². The second-order valence-corrected chi connectivity index (χ2v) is 3.05. The molecule has 0 heterocycles. The summed E-state index contributed by atoms with van der Waals surface area (Å²) in [4.78, 5) is 21.0. The average Bonchev–Trinajstić information content (AvgIpc) is 2.35. The van der Waals surface area contributed by atoms with E-state index in [0.717, 1.165) is 13.2 Å². The normalized spacial score (nSPS) is 10.8. The topological polar surface area (TPSA) is 78.7 Å². The predicted molar refractivity (Wildman–Crippen MR) is 60.0 cm³/mol. The third-order valence-corrected chi connectivity index (χ3v) is 1.99. The van der Waals surface area contributed by atoms with E-state index in [1.807, 2.05) is 0 Å². The highest BCUT2D eigenvalue weighted by Gasteiger charge is 2.22. The Kier molecular flexibility index (Phi) is 4.21. The summed E-state index contributed by atoms with van der Waals surface area (Å²) < 4.78 is 9.29. The van der Waals surface area contributed by atoms with Crippen LogP contribution in [0.5, 0.6) is 5.75 Å². The van der Waals surface area contributed by atoms with E-state index in [4.69, 9.17) is 4.74 Å². The molecule has 1 rings (SSSR count). The van der Waals surface area contributed by atoms with Gasteiger partial charge in [0, 0.05) is 6.08 Å². The lowest BCUT2D eigenvalue weighted by atomic mass is 10.2. The molecule has 0 aliphatic carbocycles. The summed E-state index contributed by atoms with van der Waals surface area (Å²) in [6, 6.07) is 6.56. The van der Waals surface area contributed by atoms with Crippen LogP contribution in [-0.2, 0) is 9.53 Å². The Labute approximate surface area is 97.6 Å². The number of carbonyl (C=O) groups is 1. The smallest absolute Gasteiger partial charge is 0.409 e. The highest BCUT2D eigenvalue weighted by Crippen LogP contribution is 2.15. The van der Waals surface area contributed by atoms with Gasteiger partial charge in [0.15, 0.2) is 0 Å². The van der Waals surface area contributed by atoms with E-state index in [2.05, 4.69) is 4.74 Å². The van der Waals surface area contributed by atoms with Gasteiger partial charge in [-0.1, -0.05) is 12.1 Å². The van der Waals surface area contributed by atoms with Crippen molar-refractivity contribution >= 4 is 12.0 Å². The van der Waals surface area contributed by atoms with Gasteiger partial charge in [0.05, 0.1) is 19.1 Å². The van der Waals surface area contributed by atoms with Crippen LogP contribution < -0.4 is 4.74 Å². The minimum Gasteiger partial charge on any atom is -0.497 e. The van der Waals surface area contributed by atoms with Gasteiger partial charge >= 0.3 is 11.7 Å². The first-order valence-corrected chi connectivity index (χ1v) is 4.67. The zero-order chi connectivity index (χ0) is 12.8. The van der Waals surface area contributed by atoms with Crippen molar-refractivity contribution < 1.29 is 19.2 Å². The summed E-state index contributed by atoms with van der Waals surface area (Å²) in [5.74, 6) is -0.441. The third kappa shape index (κ3) is 3.30. The van der Waals surface area contributed by atoms with Gasteiger partial charge < -0.3 is 9.47 Å². The van der Waals surface area contributed by atoms with E-state index in [9.17, 15) is 14.9 Å². The Morgan fingerprint density at radius 1 is 1.41 bits per heavy atom. The molecule has 0 atom stereocenters. The van der Waals surface area contributed by atoms with Gasteiger partial charge in [-0.25, -0.2) is 4.79 Å². The van der Waals surface area contributed by atoms with E-state index < -0.39 is 16.6 Å². The standard InChI is InChI=1S/C11H11NO5/c1-16-9-5-3-4-8(6-9)7-10(12(14)15)11(13)17-2/h3-7H,1-2H3/b10-7+. The molecule has 0 amide bonds. The van der Waals surface area contributed by atoms with Crippen molar-refractivity contribution in [3.05, 3.63) is 45.6 Å². The molecule has 1 aromatic rings. The van der Waals surface area contributed by atoms with Crippen LogP contribution in [0.2, 0.25) is 0 Å². The number of nitrogens with zero attached hydrogens (tertiary/aromatic N) is 1. The summed E-state index contributed by atoms with van der Waals surface area (Å²) in [6.45, 7) is 0. The number of nitro groups is 1. The van der Waals surface area contributed by atoms with Crippen molar-refractivity contribution in [2.24, 2.45) is 0 Å².